The van der Waals surface area contributed by atoms with Crippen molar-refractivity contribution in [2.45, 2.75) is 6.92 Å². The van der Waals surface area contributed by atoms with E-state index in [-0.39, 0.29) is 16.3 Å². The van der Waals surface area contributed by atoms with Crippen LogP contribution in [0.3, 0.4) is 0 Å². The number of hydrogen-bond donors (Lipinski definition) is 1. The molecule has 0 radical (unpaired) electrons. The van der Waals surface area contributed by atoms with Crippen LogP contribution >= 0.6 is 11.6 Å². The summed E-state index contributed by atoms with van der Waals surface area (Å²) in [4.78, 5) is 10.4. The van der Waals surface area contributed by atoms with Gasteiger partial charge in [-0.05, 0) is 19.1 Å². The van der Waals surface area contributed by atoms with E-state index >= 15 is 0 Å². The number of phenols is 1. The van der Waals surface area contributed by atoms with Gasteiger partial charge in [-0.15, -0.1) is 0 Å². The van der Waals surface area contributed by atoms with Crippen LogP contribution in [-0.4, -0.2) is 18.0 Å². The zero-order valence-corrected chi connectivity index (χ0v) is 7.84. The monoisotopic (exact) mass is 200 g/mol. The summed E-state index contributed by atoms with van der Waals surface area (Å²) in [6, 6.07) is 3.01. The van der Waals surface area contributed by atoms with Crippen LogP contribution in [0.5, 0.6) is 11.5 Å². The first-order chi connectivity index (χ1) is 6.20. The summed E-state index contributed by atoms with van der Waals surface area (Å²) in [6.45, 7) is 2.26. The number of phenolic OH excluding ortho intramolecular Hbond substituents is 1. The van der Waals surface area contributed by atoms with Crippen LogP contribution in [0.1, 0.15) is 17.3 Å². The number of ether oxygens (including phenoxy) is 1. The van der Waals surface area contributed by atoms with E-state index in [2.05, 4.69) is 0 Å². The third-order valence-electron chi connectivity index (χ3n) is 1.54. The summed E-state index contributed by atoms with van der Waals surface area (Å²) in [5.74, 6) is 0.148. The first-order valence-corrected chi connectivity index (χ1v) is 4.18. The maximum Gasteiger partial charge on any atom is 0.153 e. The van der Waals surface area contributed by atoms with Gasteiger partial charge >= 0.3 is 0 Å². The summed E-state index contributed by atoms with van der Waals surface area (Å²) in [5, 5.41) is 9.44. The van der Waals surface area contributed by atoms with Gasteiger partial charge in [0, 0.05) is 0 Å². The highest BCUT2D eigenvalue weighted by Crippen LogP contribution is 2.35. The van der Waals surface area contributed by atoms with Gasteiger partial charge in [0.05, 0.1) is 12.2 Å². The van der Waals surface area contributed by atoms with E-state index in [1.165, 1.54) is 6.07 Å². The molecule has 0 saturated heterocycles. The smallest absolute Gasteiger partial charge is 0.153 e. The largest absolute Gasteiger partial charge is 0.505 e. The van der Waals surface area contributed by atoms with Crippen LogP contribution in [0, 0.1) is 0 Å². The Balaban J connectivity index is 3.14. The Labute approximate surface area is 80.9 Å². The molecule has 0 amide bonds. The summed E-state index contributed by atoms with van der Waals surface area (Å²) in [7, 11) is 0. The molecule has 1 rings (SSSR count). The zero-order valence-electron chi connectivity index (χ0n) is 7.08. The number of aldehydes is 1. The van der Waals surface area contributed by atoms with Crippen molar-refractivity contribution in [3.05, 3.63) is 22.7 Å². The minimum atomic E-state index is -0.234. The number of benzene rings is 1. The molecule has 3 nitrogen and oxygen atoms in total. The van der Waals surface area contributed by atoms with E-state index in [1.54, 1.807) is 13.0 Å². The first-order valence-electron chi connectivity index (χ1n) is 3.80. The van der Waals surface area contributed by atoms with Crippen molar-refractivity contribution < 1.29 is 14.6 Å². The molecule has 0 unspecified atom stereocenters. The van der Waals surface area contributed by atoms with Crippen molar-refractivity contribution in [2.24, 2.45) is 0 Å². The number of carbonyl (C=O) groups excluding carboxylic acids is 1. The van der Waals surface area contributed by atoms with Gasteiger partial charge in [-0.25, -0.2) is 0 Å². The molecule has 0 heterocycles. The second-order valence-corrected chi connectivity index (χ2v) is 2.74. The van der Waals surface area contributed by atoms with Crippen molar-refractivity contribution in [1.29, 1.82) is 0 Å². The molecule has 13 heavy (non-hydrogen) atoms. The van der Waals surface area contributed by atoms with E-state index in [1.807, 2.05) is 0 Å². The molecule has 1 aromatic carbocycles. The molecule has 0 aliphatic carbocycles. The molecule has 0 bridgehead atoms. The average Bonchev–Trinajstić information content (AvgIpc) is 2.14. The highest BCUT2D eigenvalue weighted by Gasteiger charge is 2.10. The molecule has 1 aromatic rings. The Hall–Kier alpha value is -1.22. The third-order valence-corrected chi connectivity index (χ3v) is 1.90. The molecular weight excluding hydrogens is 192 g/mol. The number of carbonyl (C=O) groups is 1. The quantitative estimate of drug-likeness (QED) is 0.762. The minimum Gasteiger partial charge on any atom is -0.505 e. The van der Waals surface area contributed by atoms with Crippen LogP contribution in [0.4, 0.5) is 0 Å². The molecule has 0 saturated carbocycles. The van der Waals surface area contributed by atoms with Crippen LogP contribution in [0.2, 0.25) is 5.02 Å². The van der Waals surface area contributed by atoms with Crippen molar-refractivity contribution in [3.8, 4) is 11.5 Å². The van der Waals surface area contributed by atoms with Gasteiger partial charge in [0.25, 0.3) is 0 Å². The fraction of sp³-hybridized carbons (Fsp3) is 0.222. The lowest BCUT2D eigenvalue weighted by atomic mass is 10.2. The van der Waals surface area contributed by atoms with Crippen molar-refractivity contribution >= 4 is 17.9 Å². The molecule has 0 spiro atoms. The van der Waals surface area contributed by atoms with Gasteiger partial charge in [-0.2, -0.15) is 0 Å². The predicted octanol–water partition coefficient (Wildman–Crippen LogP) is 2.26. The molecule has 0 fully saturated rings. The second kappa shape index (κ2) is 4.14. The molecule has 70 valence electrons. The lowest BCUT2D eigenvalue weighted by molar-refractivity contribution is 0.112. The van der Waals surface area contributed by atoms with E-state index in [0.29, 0.717) is 18.6 Å². The number of aromatic hydroxyl groups is 1. The van der Waals surface area contributed by atoms with Gasteiger partial charge in [-0.1, -0.05) is 11.6 Å². The standard InChI is InChI=1S/C9H9ClO3/c1-2-13-7-4-3-6(5-11)9(12)8(7)10/h3-5,12H,2H2,1H3. The Morgan fingerprint density at radius 3 is 2.85 bits per heavy atom. The zero-order chi connectivity index (χ0) is 9.84. The minimum absolute atomic E-state index is 0.0754. The van der Waals surface area contributed by atoms with Crippen LogP contribution < -0.4 is 4.74 Å². The predicted molar refractivity (Wildman–Crippen MR) is 49.7 cm³/mol. The van der Waals surface area contributed by atoms with Crippen molar-refractivity contribution in [1.82, 2.24) is 0 Å². The molecule has 0 aromatic heterocycles. The Morgan fingerprint density at radius 1 is 1.62 bits per heavy atom. The van der Waals surface area contributed by atoms with Gasteiger partial charge in [-0.3, -0.25) is 4.79 Å². The Kier molecular flexibility index (Phi) is 3.14. The van der Waals surface area contributed by atoms with Crippen molar-refractivity contribution in [2.75, 3.05) is 6.61 Å². The van der Waals surface area contributed by atoms with Crippen LogP contribution in [0.25, 0.3) is 0 Å². The van der Waals surface area contributed by atoms with Crippen LogP contribution in [0.15, 0.2) is 12.1 Å². The Bertz CT molecular complexity index is 323. The van der Waals surface area contributed by atoms with E-state index in [4.69, 9.17) is 16.3 Å². The third kappa shape index (κ3) is 1.92. The van der Waals surface area contributed by atoms with Gasteiger partial charge in [0.1, 0.15) is 16.5 Å². The molecule has 0 atom stereocenters. The van der Waals surface area contributed by atoms with Gasteiger partial charge in [0.2, 0.25) is 0 Å². The first kappa shape index (κ1) is 9.86. The maximum atomic E-state index is 10.4. The van der Waals surface area contributed by atoms with E-state index < -0.39 is 0 Å². The maximum absolute atomic E-state index is 10.4. The number of halogens is 1. The molecule has 0 aliphatic rings. The van der Waals surface area contributed by atoms with E-state index in [0.717, 1.165) is 0 Å². The summed E-state index contributed by atoms with van der Waals surface area (Å²) in [6.07, 6.45) is 0.539. The van der Waals surface area contributed by atoms with E-state index in [9.17, 15) is 9.90 Å². The fourth-order valence-corrected chi connectivity index (χ4v) is 1.15. The lowest BCUT2D eigenvalue weighted by Gasteiger charge is -2.07. The Morgan fingerprint density at radius 2 is 2.31 bits per heavy atom. The van der Waals surface area contributed by atoms with Gasteiger partial charge < -0.3 is 9.84 Å². The van der Waals surface area contributed by atoms with Crippen molar-refractivity contribution in [3.63, 3.8) is 0 Å². The van der Waals surface area contributed by atoms with Crippen LogP contribution in [-0.2, 0) is 0 Å². The van der Waals surface area contributed by atoms with Gasteiger partial charge in [0.15, 0.2) is 6.29 Å². The average molecular weight is 201 g/mol. The topological polar surface area (TPSA) is 46.5 Å². The summed E-state index contributed by atoms with van der Waals surface area (Å²) < 4.78 is 5.11. The molecule has 1 N–H and O–H groups in total. The highest BCUT2D eigenvalue weighted by atomic mass is 35.5. The summed E-state index contributed by atoms with van der Waals surface area (Å²) in [5.41, 5.74) is 0.161. The molecular formula is C9H9ClO3. The molecule has 0 aliphatic heterocycles. The lowest BCUT2D eigenvalue weighted by Crippen LogP contribution is -1.93. The second-order valence-electron chi connectivity index (χ2n) is 2.37. The summed E-state index contributed by atoms with van der Waals surface area (Å²) >= 11 is 5.72. The number of rotatable bonds is 3. The SMILES string of the molecule is CCOc1ccc(C=O)c(O)c1Cl. The highest BCUT2D eigenvalue weighted by molar-refractivity contribution is 6.33. The normalized spacial score (nSPS) is 9.69. The molecule has 4 heteroatoms. The number of hydrogen-bond acceptors (Lipinski definition) is 3. The fourth-order valence-electron chi connectivity index (χ4n) is 0.923.